The lowest BCUT2D eigenvalue weighted by molar-refractivity contribution is 0.0629. The minimum atomic E-state index is 0.0716. The van der Waals surface area contributed by atoms with Crippen LogP contribution in [-0.2, 0) is 6.54 Å². The summed E-state index contributed by atoms with van der Waals surface area (Å²) in [6, 6.07) is 9.82. The first-order chi connectivity index (χ1) is 15.1. The van der Waals surface area contributed by atoms with Crippen LogP contribution < -0.4 is 5.73 Å². The molecule has 4 heterocycles. The van der Waals surface area contributed by atoms with E-state index in [9.17, 15) is 4.79 Å². The van der Waals surface area contributed by atoms with Crippen LogP contribution in [0.4, 0.5) is 5.82 Å². The molecule has 9 heteroatoms. The van der Waals surface area contributed by atoms with E-state index in [0.717, 1.165) is 51.0 Å². The highest BCUT2D eigenvalue weighted by Gasteiger charge is 2.26. The maximum Gasteiger partial charge on any atom is 0.265 e. The molecule has 1 aromatic carbocycles. The molecule has 1 fully saturated rings. The van der Waals surface area contributed by atoms with Crippen molar-refractivity contribution in [3.63, 3.8) is 0 Å². The molecule has 0 bridgehead atoms. The lowest BCUT2D eigenvalue weighted by Crippen LogP contribution is -2.48. The molecular formula is C22H22N6OS2. The molecular weight excluding hydrogens is 428 g/mol. The number of benzene rings is 1. The van der Waals surface area contributed by atoms with E-state index in [1.54, 1.807) is 11.3 Å². The average Bonchev–Trinajstić information content (AvgIpc) is 3.44. The summed E-state index contributed by atoms with van der Waals surface area (Å²) in [4.78, 5) is 31.8. The van der Waals surface area contributed by atoms with Crippen LogP contribution in [0, 0.1) is 6.92 Å². The SMILES string of the molecule is Cc1nc(-c2ccsc2)sc1C(=O)N1CCN(Cc2nc(N)c3ccccc3n2)CC1. The molecule has 0 unspecified atom stereocenters. The Morgan fingerprint density at radius 1 is 1.10 bits per heavy atom. The number of hydrogen-bond acceptors (Lipinski definition) is 8. The Balaban J connectivity index is 1.24. The lowest BCUT2D eigenvalue weighted by atomic mass is 10.2. The van der Waals surface area contributed by atoms with Gasteiger partial charge in [0.2, 0.25) is 0 Å². The molecule has 158 valence electrons. The maximum atomic E-state index is 13.1. The van der Waals surface area contributed by atoms with Gasteiger partial charge < -0.3 is 10.6 Å². The molecule has 7 nitrogen and oxygen atoms in total. The fraction of sp³-hybridized carbons (Fsp3) is 0.273. The van der Waals surface area contributed by atoms with Gasteiger partial charge in [0, 0.05) is 42.5 Å². The molecule has 2 N–H and O–H groups in total. The number of carbonyl (C=O) groups excluding carboxylic acids is 1. The van der Waals surface area contributed by atoms with Crippen molar-refractivity contribution >= 4 is 45.3 Å². The van der Waals surface area contributed by atoms with Crippen molar-refractivity contribution in [1.29, 1.82) is 0 Å². The molecule has 1 saturated heterocycles. The van der Waals surface area contributed by atoms with Gasteiger partial charge in [0.15, 0.2) is 0 Å². The van der Waals surface area contributed by atoms with Crippen molar-refractivity contribution in [2.75, 3.05) is 31.9 Å². The topological polar surface area (TPSA) is 88.2 Å². The van der Waals surface area contributed by atoms with Gasteiger partial charge in [-0.25, -0.2) is 15.0 Å². The number of anilines is 1. The minimum absolute atomic E-state index is 0.0716. The monoisotopic (exact) mass is 450 g/mol. The number of carbonyl (C=O) groups is 1. The molecule has 5 rings (SSSR count). The number of para-hydroxylation sites is 1. The normalized spacial score (nSPS) is 14.9. The number of aryl methyl sites for hydroxylation is 1. The lowest BCUT2D eigenvalue weighted by Gasteiger charge is -2.34. The van der Waals surface area contributed by atoms with Gasteiger partial charge in [-0.1, -0.05) is 12.1 Å². The number of thiazole rings is 1. The first-order valence-electron chi connectivity index (χ1n) is 10.1. The van der Waals surface area contributed by atoms with Gasteiger partial charge in [0.05, 0.1) is 17.8 Å². The molecule has 31 heavy (non-hydrogen) atoms. The Morgan fingerprint density at radius 2 is 1.90 bits per heavy atom. The van der Waals surface area contributed by atoms with Crippen molar-refractivity contribution in [3.05, 3.63) is 57.5 Å². The highest BCUT2D eigenvalue weighted by Crippen LogP contribution is 2.30. The summed E-state index contributed by atoms with van der Waals surface area (Å²) < 4.78 is 0. The fourth-order valence-electron chi connectivity index (χ4n) is 3.78. The van der Waals surface area contributed by atoms with Crippen molar-refractivity contribution in [2.24, 2.45) is 0 Å². The standard InChI is InChI=1S/C22H22N6OS2/c1-14-19(31-21(24-14)15-6-11-30-13-15)22(29)28-9-7-27(8-10-28)12-18-25-17-5-3-2-4-16(17)20(23)26-18/h2-6,11,13H,7-10,12H2,1H3,(H2,23,25,26). The van der Waals surface area contributed by atoms with Crippen LogP contribution in [-0.4, -0.2) is 56.8 Å². The summed E-state index contributed by atoms with van der Waals surface area (Å²) in [5, 5.41) is 5.88. The predicted octanol–water partition coefficient (Wildman–Crippen LogP) is 3.66. The number of hydrogen-bond donors (Lipinski definition) is 1. The molecule has 1 aliphatic rings. The zero-order valence-corrected chi connectivity index (χ0v) is 18.7. The molecule has 1 amide bonds. The summed E-state index contributed by atoms with van der Waals surface area (Å²) in [5.41, 5.74) is 8.86. The number of fused-ring (bicyclic) bond motifs is 1. The number of nitrogens with two attached hydrogens (primary N) is 1. The van der Waals surface area contributed by atoms with E-state index in [0.29, 0.717) is 25.5 Å². The van der Waals surface area contributed by atoms with Crippen LogP contribution in [0.3, 0.4) is 0 Å². The molecule has 0 atom stereocenters. The molecule has 4 aromatic rings. The van der Waals surface area contributed by atoms with E-state index in [2.05, 4.69) is 25.2 Å². The van der Waals surface area contributed by atoms with Crippen LogP contribution >= 0.6 is 22.7 Å². The summed E-state index contributed by atoms with van der Waals surface area (Å²) in [6.07, 6.45) is 0. The molecule has 0 radical (unpaired) electrons. The Kier molecular flexibility index (Phi) is 5.39. The highest BCUT2D eigenvalue weighted by atomic mass is 32.1. The average molecular weight is 451 g/mol. The van der Waals surface area contributed by atoms with Crippen LogP contribution in [0.2, 0.25) is 0 Å². The van der Waals surface area contributed by atoms with Gasteiger partial charge in [0.25, 0.3) is 5.91 Å². The molecule has 1 aliphatic heterocycles. The Bertz CT molecular complexity index is 1230. The Hall–Kier alpha value is -2.88. The second kappa shape index (κ2) is 8.33. The van der Waals surface area contributed by atoms with Crippen LogP contribution in [0.5, 0.6) is 0 Å². The minimum Gasteiger partial charge on any atom is -0.383 e. The van der Waals surface area contributed by atoms with Crippen LogP contribution in [0.1, 0.15) is 21.2 Å². The predicted molar refractivity (Wildman–Crippen MR) is 125 cm³/mol. The Labute approximate surface area is 188 Å². The number of rotatable bonds is 4. The van der Waals surface area contributed by atoms with Gasteiger partial charge in [-0.15, -0.1) is 11.3 Å². The number of thiophene rings is 1. The Morgan fingerprint density at radius 3 is 2.68 bits per heavy atom. The van der Waals surface area contributed by atoms with E-state index in [-0.39, 0.29) is 5.91 Å². The van der Waals surface area contributed by atoms with Crippen LogP contribution in [0.25, 0.3) is 21.5 Å². The second-order valence-electron chi connectivity index (χ2n) is 7.56. The van der Waals surface area contributed by atoms with Gasteiger partial charge >= 0.3 is 0 Å². The molecule has 0 saturated carbocycles. The van der Waals surface area contributed by atoms with E-state index < -0.39 is 0 Å². The van der Waals surface area contributed by atoms with Gasteiger partial charge in [-0.2, -0.15) is 11.3 Å². The van der Waals surface area contributed by atoms with E-state index in [1.807, 2.05) is 47.5 Å². The smallest absolute Gasteiger partial charge is 0.265 e. The number of nitrogens with zero attached hydrogens (tertiary/aromatic N) is 5. The maximum absolute atomic E-state index is 13.1. The second-order valence-corrected chi connectivity index (χ2v) is 9.34. The summed E-state index contributed by atoms with van der Waals surface area (Å²) in [6.45, 7) is 5.43. The van der Waals surface area contributed by atoms with Crippen molar-refractivity contribution < 1.29 is 4.79 Å². The van der Waals surface area contributed by atoms with Crippen LogP contribution in [0.15, 0.2) is 41.1 Å². The zero-order chi connectivity index (χ0) is 21.4. The first-order valence-corrected chi connectivity index (χ1v) is 11.9. The van der Waals surface area contributed by atoms with E-state index in [4.69, 9.17) is 5.73 Å². The van der Waals surface area contributed by atoms with E-state index in [1.165, 1.54) is 11.3 Å². The number of nitrogen functional groups attached to an aromatic ring is 1. The largest absolute Gasteiger partial charge is 0.383 e. The van der Waals surface area contributed by atoms with E-state index >= 15 is 0 Å². The van der Waals surface area contributed by atoms with Crippen molar-refractivity contribution in [3.8, 4) is 10.6 Å². The summed E-state index contributed by atoms with van der Waals surface area (Å²) >= 11 is 3.12. The zero-order valence-electron chi connectivity index (χ0n) is 17.1. The van der Waals surface area contributed by atoms with Crippen molar-refractivity contribution in [1.82, 2.24) is 24.8 Å². The molecule has 0 aliphatic carbocycles. The van der Waals surface area contributed by atoms with Crippen molar-refractivity contribution in [2.45, 2.75) is 13.5 Å². The fourth-order valence-corrected chi connectivity index (χ4v) is 5.52. The summed E-state index contributed by atoms with van der Waals surface area (Å²) in [7, 11) is 0. The first kappa shape index (κ1) is 20.0. The quantitative estimate of drug-likeness (QED) is 0.510. The van der Waals surface area contributed by atoms with Gasteiger partial charge in [0.1, 0.15) is 21.5 Å². The number of piperazine rings is 1. The number of aromatic nitrogens is 3. The van der Waals surface area contributed by atoms with Gasteiger partial charge in [-0.05, 0) is 30.5 Å². The van der Waals surface area contributed by atoms with Gasteiger partial charge in [-0.3, -0.25) is 9.69 Å². The third-order valence-corrected chi connectivity index (χ3v) is 7.34. The highest BCUT2D eigenvalue weighted by molar-refractivity contribution is 7.17. The third-order valence-electron chi connectivity index (χ3n) is 5.46. The summed E-state index contributed by atoms with van der Waals surface area (Å²) in [5.74, 6) is 1.30. The molecule has 3 aromatic heterocycles. The molecule has 0 spiro atoms. The third kappa shape index (κ3) is 4.04. The number of amides is 1.